The second kappa shape index (κ2) is 5.63. The van der Waals surface area contributed by atoms with Crippen molar-refractivity contribution in [3.63, 3.8) is 0 Å². The third kappa shape index (κ3) is 3.42. The van der Waals surface area contributed by atoms with E-state index in [1.54, 1.807) is 11.8 Å². The van der Waals surface area contributed by atoms with E-state index in [1.165, 1.54) is 4.90 Å². The van der Waals surface area contributed by atoms with Gasteiger partial charge in [0.1, 0.15) is 11.6 Å². The van der Waals surface area contributed by atoms with Gasteiger partial charge in [-0.05, 0) is 12.1 Å². The molecule has 0 bridgehead atoms. The SMILES string of the molecule is CCc1nc(N)nc(CSc2ccccc2)n1. The van der Waals surface area contributed by atoms with Crippen molar-refractivity contribution in [1.82, 2.24) is 15.0 Å². The Morgan fingerprint density at radius 3 is 2.47 bits per heavy atom. The summed E-state index contributed by atoms with van der Waals surface area (Å²) in [5, 5.41) is 0. The molecule has 0 radical (unpaired) electrons. The molecule has 0 fully saturated rings. The first-order chi connectivity index (χ1) is 8.28. The van der Waals surface area contributed by atoms with Gasteiger partial charge in [-0.15, -0.1) is 11.8 Å². The summed E-state index contributed by atoms with van der Waals surface area (Å²) in [6.07, 6.45) is 0.774. The van der Waals surface area contributed by atoms with Crippen molar-refractivity contribution in [2.75, 3.05) is 5.73 Å². The standard InChI is InChI=1S/C12H14N4S/c1-2-10-14-11(16-12(13)15-10)8-17-9-6-4-3-5-7-9/h3-7H,2,8H2,1H3,(H2,13,14,15,16). The molecule has 0 aliphatic heterocycles. The van der Waals surface area contributed by atoms with Crippen LogP contribution in [-0.2, 0) is 12.2 Å². The van der Waals surface area contributed by atoms with E-state index < -0.39 is 0 Å². The highest BCUT2D eigenvalue weighted by Gasteiger charge is 2.03. The Labute approximate surface area is 105 Å². The summed E-state index contributed by atoms with van der Waals surface area (Å²) in [6.45, 7) is 2.00. The Morgan fingerprint density at radius 2 is 1.76 bits per heavy atom. The molecule has 2 rings (SSSR count). The molecule has 0 saturated carbocycles. The molecule has 0 aliphatic carbocycles. The summed E-state index contributed by atoms with van der Waals surface area (Å²) in [5.74, 6) is 2.51. The number of hydrogen-bond acceptors (Lipinski definition) is 5. The van der Waals surface area contributed by atoms with Gasteiger partial charge in [0.05, 0.1) is 5.75 Å². The summed E-state index contributed by atoms with van der Waals surface area (Å²) in [6, 6.07) is 10.2. The molecule has 4 nitrogen and oxygen atoms in total. The second-order valence-corrected chi connectivity index (χ2v) is 4.53. The van der Waals surface area contributed by atoms with Gasteiger partial charge in [0.15, 0.2) is 0 Å². The van der Waals surface area contributed by atoms with Crippen molar-refractivity contribution < 1.29 is 0 Å². The third-order valence-electron chi connectivity index (χ3n) is 2.17. The average molecular weight is 246 g/mol. The fourth-order valence-electron chi connectivity index (χ4n) is 1.38. The number of aryl methyl sites for hydroxylation is 1. The molecule has 17 heavy (non-hydrogen) atoms. The second-order valence-electron chi connectivity index (χ2n) is 3.48. The smallest absolute Gasteiger partial charge is 0.223 e. The summed E-state index contributed by atoms with van der Waals surface area (Å²) < 4.78 is 0. The van der Waals surface area contributed by atoms with Crippen LogP contribution in [0, 0.1) is 0 Å². The predicted molar refractivity (Wildman–Crippen MR) is 69.6 cm³/mol. The van der Waals surface area contributed by atoms with Crippen molar-refractivity contribution in [2.45, 2.75) is 24.0 Å². The summed E-state index contributed by atoms with van der Waals surface area (Å²) in [4.78, 5) is 13.7. The van der Waals surface area contributed by atoms with E-state index in [9.17, 15) is 0 Å². The van der Waals surface area contributed by atoms with Crippen LogP contribution in [0.5, 0.6) is 0 Å². The lowest BCUT2D eigenvalue weighted by atomic mass is 10.4. The van der Waals surface area contributed by atoms with Crippen molar-refractivity contribution in [2.24, 2.45) is 0 Å². The minimum absolute atomic E-state index is 0.306. The van der Waals surface area contributed by atoms with E-state index in [4.69, 9.17) is 5.73 Å². The molecule has 0 spiro atoms. The largest absolute Gasteiger partial charge is 0.368 e. The van der Waals surface area contributed by atoms with E-state index in [-0.39, 0.29) is 0 Å². The van der Waals surface area contributed by atoms with Gasteiger partial charge in [0, 0.05) is 11.3 Å². The van der Waals surface area contributed by atoms with E-state index in [0.29, 0.717) is 11.7 Å². The topological polar surface area (TPSA) is 64.7 Å². The van der Waals surface area contributed by atoms with E-state index >= 15 is 0 Å². The molecule has 0 saturated heterocycles. The fraction of sp³-hybridized carbons (Fsp3) is 0.250. The number of anilines is 1. The van der Waals surface area contributed by atoms with Crippen molar-refractivity contribution in [3.8, 4) is 0 Å². The first-order valence-electron chi connectivity index (χ1n) is 5.45. The molecule has 2 aromatic rings. The van der Waals surface area contributed by atoms with Gasteiger partial charge in [-0.2, -0.15) is 9.97 Å². The molecular formula is C12H14N4S. The zero-order chi connectivity index (χ0) is 12.1. The van der Waals surface area contributed by atoms with Gasteiger partial charge in [-0.3, -0.25) is 0 Å². The first-order valence-corrected chi connectivity index (χ1v) is 6.43. The normalized spacial score (nSPS) is 10.4. The van der Waals surface area contributed by atoms with Crippen LogP contribution in [-0.4, -0.2) is 15.0 Å². The molecule has 88 valence electrons. The van der Waals surface area contributed by atoms with Gasteiger partial charge in [-0.1, -0.05) is 25.1 Å². The quantitative estimate of drug-likeness (QED) is 0.839. The lowest BCUT2D eigenvalue weighted by Gasteiger charge is -2.03. The third-order valence-corrected chi connectivity index (χ3v) is 3.18. The van der Waals surface area contributed by atoms with Gasteiger partial charge in [0.25, 0.3) is 0 Å². The lowest BCUT2D eigenvalue weighted by molar-refractivity contribution is 0.866. The highest BCUT2D eigenvalue weighted by atomic mass is 32.2. The Balaban J connectivity index is 2.06. The lowest BCUT2D eigenvalue weighted by Crippen LogP contribution is -2.05. The zero-order valence-electron chi connectivity index (χ0n) is 9.63. The highest BCUT2D eigenvalue weighted by Crippen LogP contribution is 2.20. The molecule has 1 aromatic heterocycles. The number of benzene rings is 1. The maximum atomic E-state index is 5.63. The van der Waals surface area contributed by atoms with Crippen molar-refractivity contribution in [3.05, 3.63) is 42.0 Å². The van der Waals surface area contributed by atoms with Gasteiger partial charge in [-0.25, -0.2) is 4.98 Å². The molecule has 0 atom stereocenters. The van der Waals surface area contributed by atoms with Crippen LogP contribution in [0.1, 0.15) is 18.6 Å². The molecule has 0 amide bonds. The van der Waals surface area contributed by atoms with E-state index in [2.05, 4.69) is 27.1 Å². The number of nitrogens with zero attached hydrogens (tertiary/aromatic N) is 3. The van der Waals surface area contributed by atoms with E-state index in [1.807, 2.05) is 25.1 Å². The van der Waals surface area contributed by atoms with Crippen LogP contribution < -0.4 is 5.73 Å². The molecule has 5 heteroatoms. The molecule has 1 aromatic carbocycles. The van der Waals surface area contributed by atoms with Gasteiger partial charge in [0.2, 0.25) is 5.95 Å². The average Bonchev–Trinajstić information content (AvgIpc) is 2.37. The monoisotopic (exact) mass is 246 g/mol. The van der Waals surface area contributed by atoms with Crippen LogP contribution in [0.25, 0.3) is 0 Å². The van der Waals surface area contributed by atoms with Gasteiger partial charge >= 0.3 is 0 Å². The molecule has 2 N–H and O–H groups in total. The predicted octanol–water partition coefficient (Wildman–Crippen LogP) is 2.31. The number of aromatic nitrogens is 3. The maximum absolute atomic E-state index is 5.63. The molecule has 1 heterocycles. The number of nitrogens with two attached hydrogens (primary N) is 1. The number of nitrogen functional groups attached to an aromatic ring is 1. The summed E-state index contributed by atoms with van der Waals surface area (Å²) in [7, 11) is 0. The Bertz CT molecular complexity index is 487. The fourth-order valence-corrected chi connectivity index (χ4v) is 2.15. The zero-order valence-corrected chi connectivity index (χ0v) is 10.4. The number of thioether (sulfide) groups is 1. The Hall–Kier alpha value is -1.62. The molecule has 0 unspecified atom stereocenters. The summed E-state index contributed by atoms with van der Waals surface area (Å²) in [5.41, 5.74) is 5.63. The minimum Gasteiger partial charge on any atom is -0.368 e. The minimum atomic E-state index is 0.306. The van der Waals surface area contributed by atoms with E-state index in [0.717, 1.165) is 18.1 Å². The van der Waals surface area contributed by atoms with Crippen LogP contribution >= 0.6 is 11.8 Å². The first kappa shape index (κ1) is 11.9. The van der Waals surface area contributed by atoms with Crippen molar-refractivity contribution >= 4 is 17.7 Å². The molecular weight excluding hydrogens is 232 g/mol. The Morgan fingerprint density at radius 1 is 1.06 bits per heavy atom. The molecule has 0 aliphatic rings. The summed E-state index contributed by atoms with van der Waals surface area (Å²) >= 11 is 1.69. The Kier molecular flexibility index (Phi) is 3.93. The van der Waals surface area contributed by atoms with Crippen molar-refractivity contribution in [1.29, 1.82) is 0 Å². The number of hydrogen-bond donors (Lipinski definition) is 1. The maximum Gasteiger partial charge on any atom is 0.223 e. The van der Waals surface area contributed by atoms with Crippen LogP contribution in [0.3, 0.4) is 0 Å². The van der Waals surface area contributed by atoms with Gasteiger partial charge < -0.3 is 5.73 Å². The number of rotatable bonds is 4. The van der Waals surface area contributed by atoms with Crippen LogP contribution in [0.2, 0.25) is 0 Å². The van der Waals surface area contributed by atoms with Crippen LogP contribution in [0.15, 0.2) is 35.2 Å². The van der Waals surface area contributed by atoms with Crippen LogP contribution in [0.4, 0.5) is 5.95 Å². The highest BCUT2D eigenvalue weighted by molar-refractivity contribution is 7.98.